The quantitative estimate of drug-likeness (QED) is 0.121. The first-order valence-corrected chi connectivity index (χ1v) is 29.2. The van der Waals surface area contributed by atoms with Crippen LogP contribution in [0.2, 0.25) is 0 Å². The lowest BCUT2D eigenvalue weighted by atomic mass is 9.88. The number of hydrogen-bond acceptors (Lipinski definition) is 6. The Morgan fingerprint density at radius 2 is 0.880 bits per heavy atom. The number of nitrogens with zero attached hydrogens (tertiary/aromatic N) is 5. The molecule has 0 saturated carbocycles. The molecule has 0 bridgehead atoms. The molecule has 5 aromatic heterocycles. The van der Waals surface area contributed by atoms with Crippen molar-refractivity contribution in [1.82, 2.24) is 24.1 Å². The number of benzene rings is 9. The van der Waals surface area contributed by atoms with E-state index in [2.05, 4.69) is 240 Å². The van der Waals surface area contributed by atoms with E-state index < -0.39 is 0 Å². The number of aromatic nitrogens is 5. The van der Waals surface area contributed by atoms with Gasteiger partial charge in [-0.15, -0.1) is 0 Å². The summed E-state index contributed by atoms with van der Waals surface area (Å²) >= 11 is 0. The Morgan fingerprint density at radius 3 is 1.45 bits per heavy atom. The summed E-state index contributed by atoms with van der Waals surface area (Å²) in [5, 5.41) is 3.73. The van der Waals surface area contributed by atoms with Crippen LogP contribution in [-0.2, 0) is 0 Å². The number of para-hydroxylation sites is 4. The lowest BCUT2D eigenvalue weighted by Gasteiger charge is -2.24. The van der Waals surface area contributed by atoms with E-state index in [1.165, 1.54) is 50.2 Å². The molecule has 0 fully saturated rings. The minimum Gasteiger partial charge on any atom is -0.457 e. The van der Waals surface area contributed by atoms with Gasteiger partial charge >= 0.3 is 0 Å². The number of imidazole rings is 2. The molecule has 0 aliphatic rings. The molecule has 0 radical (unpaired) electrons. The first-order valence-electron chi connectivity index (χ1n) is 29.2. The van der Waals surface area contributed by atoms with Gasteiger partial charge in [-0.3, -0.25) is 14.1 Å². The summed E-state index contributed by atoms with van der Waals surface area (Å²) in [4.78, 5) is 15.9. The zero-order chi connectivity index (χ0) is 56.9. The van der Waals surface area contributed by atoms with Crippen molar-refractivity contribution in [3.63, 3.8) is 0 Å². The van der Waals surface area contributed by atoms with Gasteiger partial charge in [-0.05, 0) is 167 Å². The molecule has 0 spiro atoms. The number of pyridine rings is 1. The summed E-state index contributed by atoms with van der Waals surface area (Å²) in [6, 6.07) is 66.8. The average Bonchev–Trinajstić information content (AvgIpc) is 3.14. The normalized spacial score (nSPS) is 12.2. The fourth-order valence-electron chi connectivity index (χ4n) is 12.7. The first-order chi connectivity index (χ1) is 40.3. The van der Waals surface area contributed by atoms with E-state index >= 15 is 0 Å². The van der Waals surface area contributed by atoms with Crippen LogP contribution in [0.1, 0.15) is 113 Å². The Labute approximate surface area is 483 Å². The van der Waals surface area contributed by atoms with Crippen molar-refractivity contribution >= 4 is 65.9 Å². The number of ether oxygens (including phenoxy) is 1. The van der Waals surface area contributed by atoms with Crippen LogP contribution in [0.4, 0.5) is 0 Å². The van der Waals surface area contributed by atoms with Gasteiger partial charge in [-0.25, -0.2) is 9.97 Å². The van der Waals surface area contributed by atoms with Gasteiger partial charge in [0.05, 0.1) is 39.0 Å². The maximum Gasteiger partial charge on any atom is 0.178 e. The van der Waals surface area contributed by atoms with Crippen LogP contribution in [0.25, 0.3) is 122 Å². The van der Waals surface area contributed by atoms with E-state index in [1.807, 2.05) is 26.0 Å². The maximum atomic E-state index is 7.29. The molecule has 0 N–H and O–H groups in total. The lowest BCUT2D eigenvalue weighted by molar-refractivity contribution is 0.483. The fourth-order valence-corrected chi connectivity index (χ4v) is 12.7. The molecule has 14 rings (SSSR count). The number of furan rings is 2. The number of hydrogen-bond donors (Lipinski definition) is 0. The van der Waals surface area contributed by atoms with Crippen LogP contribution < -0.4 is 4.74 Å². The van der Waals surface area contributed by atoms with Crippen LogP contribution in [0, 0.1) is 13.8 Å². The molecule has 0 amide bonds. The second-order valence-electron chi connectivity index (χ2n) is 23.6. The predicted molar refractivity (Wildman–Crippen MR) is 342 cm³/mol. The van der Waals surface area contributed by atoms with Crippen molar-refractivity contribution in [2.45, 2.75) is 92.9 Å². The molecule has 83 heavy (non-hydrogen) atoms. The fraction of sp³-hybridized carbons (Fsp3) is 0.187. The molecule has 8 nitrogen and oxygen atoms in total. The van der Waals surface area contributed by atoms with Gasteiger partial charge in [0.15, 0.2) is 11.2 Å². The largest absolute Gasteiger partial charge is 0.457 e. The van der Waals surface area contributed by atoms with Gasteiger partial charge in [0.1, 0.15) is 34.3 Å². The Balaban J connectivity index is 0.995. The van der Waals surface area contributed by atoms with Crippen LogP contribution >= 0.6 is 0 Å². The summed E-state index contributed by atoms with van der Waals surface area (Å²) in [5.74, 6) is 3.68. The Kier molecular flexibility index (Phi) is 12.5. The summed E-state index contributed by atoms with van der Waals surface area (Å²) in [6.45, 7) is 22.4. The third-order valence-corrected chi connectivity index (χ3v) is 16.6. The van der Waals surface area contributed by atoms with Crippen molar-refractivity contribution in [2.24, 2.45) is 0 Å². The van der Waals surface area contributed by atoms with Crippen LogP contribution in [0.5, 0.6) is 11.5 Å². The molecule has 0 saturated heterocycles. The molecule has 14 aromatic rings. The number of rotatable bonds is 12. The Bertz CT molecular complexity index is 4800. The van der Waals surface area contributed by atoms with E-state index in [-0.39, 0.29) is 23.7 Å². The third kappa shape index (κ3) is 8.69. The highest BCUT2D eigenvalue weighted by Crippen LogP contribution is 2.48. The summed E-state index contributed by atoms with van der Waals surface area (Å²) in [7, 11) is 0. The lowest BCUT2D eigenvalue weighted by Crippen LogP contribution is -2.09. The maximum absolute atomic E-state index is 7.29. The monoisotopic (exact) mass is 1080 g/mol. The molecule has 9 aromatic carbocycles. The molecule has 0 aliphatic carbocycles. The van der Waals surface area contributed by atoms with Crippen molar-refractivity contribution in [3.8, 4) is 67.9 Å². The number of fused-ring (bicyclic) bond motifs is 9. The highest BCUT2D eigenvalue weighted by Gasteiger charge is 2.29. The van der Waals surface area contributed by atoms with Gasteiger partial charge in [0.2, 0.25) is 0 Å². The van der Waals surface area contributed by atoms with E-state index in [0.717, 1.165) is 89.0 Å². The topological polar surface area (TPSA) is 84.0 Å². The van der Waals surface area contributed by atoms with Crippen LogP contribution in [0.15, 0.2) is 197 Å². The van der Waals surface area contributed by atoms with Gasteiger partial charge in [0, 0.05) is 44.6 Å². The molecule has 0 aliphatic heterocycles. The third-order valence-electron chi connectivity index (χ3n) is 16.6. The van der Waals surface area contributed by atoms with Crippen molar-refractivity contribution < 1.29 is 13.6 Å². The molecular weight excluding hydrogens is 1020 g/mol. The minimum atomic E-state index is 0.173. The van der Waals surface area contributed by atoms with Crippen molar-refractivity contribution in [1.29, 1.82) is 0 Å². The van der Waals surface area contributed by atoms with Crippen molar-refractivity contribution in [3.05, 3.63) is 222 Å². The van der Waals surface area contributed by atoms with E-state index in [9.17, 15) is 0 Å². The number of aryl methyl sites for hydroxylation is 2. The van der Waals surface area contributed by atoms with E-state index in [1.54, 1.807) is 0 Å². The summed E-state index contributed by atoms with van der Waals surface area (Å²) in [6.07, 6.45) is 0. The molecule has 0 unspecified atom stereocenters. The molecule has 408 valence electrons. The predicted octanol–water partition coefficient (Wildman–Crippen LogP) is 21.1. The molecule has 8 heteroatoms. The molecule has 0 atom stereocenters. The standard InChI is InChI=1S/C75H65N5O3/c1-42(2)57-36-51(48-22-13-11-14-23-48)37-58(43(3)4)69(57)79-65-30-19-17-28-63(65)77-74(79)50-26-21-27-53(35-50)81-54-40-61-55-32-33-56-68-47(10)76-46(9)34-67(68)82-73(56)72(55)83-71(61)62(41-54)75-78-64-29-18-20-31-66(64)80(75)70-59(44(5)6)38-52(39-60(70)45(7)8)49-24-15-12-16-25-49/h11-45H,1-10H3. The minimum absolute atomic E-state index is 0.173. The summed E-state index contributed by atoms with van der Waals surface area (Å²) in [5.41, 5.74) is 22.3. The van der Waals surface area contributed by atoms with Crippen LogP contribution in [0.3, 0.4) is 0 Å². The molecular formula is C75H65N5O3. The van der Waals surface area contributed by atoms with Gasteiger partial charge < -0.3 is 13.6 Å². The van der Waals surface area contributed by atoms with Crippen molar-refractivity contribution in [2.75, 3.05) is 0 Å². The Hall–Kier alpha value is -9.53. The van der Waals surface area contributed by atoms with Gasteiger partial charge in [-0.1, -0.05) is 152 Å². The zero-order valence-corrected chi connectivity index (χ0v) is 48.7. The van der Waals surface area contributed by atoms with Gasteiger partial charge in [0.25, 0.3) is 0 Å². The smallest absolute Gasteiger partial charge is 0.178 e. The van der Waals surface area contributed by atoms with Crippen LogP contribution in [-0.4, -0.2) is 24.1 Å². The average molecular weight is 1080 g/mol. The second kappa shape index (κ2) is 20.2. The summed E-state index contributed by atoms with van der Waals surface area (Å²) < 4.78 is 26.1. The highest BCUT2D eigenvalue weighted by molar-refractivity contribution is 6.21. The van der Waals surface area contributed by atoms with Gasteiger partial charge in [-0.2, -0.15) is 0 Å². The highest BCUT2D eigenvalue weighted by atomic mass is 16.5. The SMILES string of the molecule is Cc1cc2oc3c(ccc4c5cc(Oc6cccc(-c7nc8ccccc8n7-c7c(C(C)C)cc(-c8ccccc8)cc7C(C)C)c6)cc(-c6nc7ccccc7n6-c6c(C(C)C)cc(-c7ccccc7)cc6C(C)C)c5oc43)c2c(C)n1. The first kappa shape index (κ1) is 51.6. The van der Waals surface area contributed by atoms with E-state index in [0.29, 0.717) is 28.2 Å². The second-order valence-corrected chi connectivity index (χ2v) is 23.6. The Morgan fingerprint density at radius 1 is 0.386 bits per heavy atom. The molecule has 5 heterocycles. The van der Waals surface area contributed by atoms with E-state index in [4.69, 9.17) is 28.5 Å². The zero-order valence-electron chi connectivity index (χ0n) is 48.7.